The maximum atomic E-state index is 13.1. The number of carbonyl (C=O) groups is 1. The van der Waals surface area contributed by atoms with Gasteiger partial charge >= 0.3 is 0 Å². The van der Waals surface area contributed by atoms with Crippen LogP contribution >= 0.6 is 11.3 Å². The summed E-state index contributed by atoms with van der Waals surface area (Å²) < 4.78 is 18.5. The van der Waals surface area contributed by atoms with Crippen molar-refractivity contribution >= 4 is 33.3 Å². The summed E-state index contributed by atoms with van der Waals surface area (Å²) in [6.45, 7) is 4.26. The third-order valence-electron chi connectivity index (χ3n) is 4.77. The molecule has 0 bridgehead atoms. The molecule has 9 heteroatoms. The highest BCUT2D eigenvalue weighted by atomic mass is 32.1. The Bertz CT molecular complexity index is 974. The predicted molar refractivity (Wildman–Crippen MR) is 111 cm³/mol. The molecule has 0 saturated carbocycles. The first-order valence-electron chi connectivity index (χ1n) is 9.49. The minimum Gasteiger partial charge on any atom is -0.492 e. The van der Waals surface area contributed by atoms with Crippen molar-refractivity contribution in [1.29, 1.82) is 0 Å². The van der Waals surface area contributed by atoms with Gasteiger partial charge in [0, 0.05) is 32.2 Å². The van der Waals surface area contributed by atoms with E-state index in [-0.39, 0.29) is 11.7 Å². The summed E-state index contributed by atoms with van der Waals surface area (Å²) in [6.07, 6.45) is 1.61. The number of piperazine rings is 1. The molecule has 0 atom stereocenters. The summed E-state index contributed by atoms with van der Waals surface area (Å²) in [4.78, 5) is 26.3. The number of hydrogen-bond donors (Lipinski definition) is 1. The molecule has 1 aliphatic heterocycles. The number of hydrogen-bond acceptors (Lipinski definition) is 7. The lowest BCUT2D eigenvalue weighted by Gasteiger charge is -2.35. The molecule has 0 radical (unpaired) electrons. The molecule has 2 aromatic heterocycles. The first-order valence-corrected chi connectivity index (χ1v) is 10.4. The second kappa shape index (κ2) is 9.15. The van der Waals surface area contributed by atoms with E-state index in [1.165, 1.54) is 12.1 Å². The number of rotatable bonds is 7. The molecular weight excluding hydrogens is 393 g/mol. The maximum absolute atomic E-state index is 13.1. The van der Waals surface area contributed by atoms with E-state index >= 15 is 0 Å². The van der Waals surface area contributed by atoms with Crippen molar-refractivity contribution in [2.24, 2.45) is 0 Å². The number of thiophene rings is 1. The number of fused-ring (bicyclic) bond motifs is 1. The SMILES string of the molecule is O=C(CN1CCN(c2ncnc3sccc23)CC1)NCCOc1cccc(F)c1. The van der Waals surface area contributed by atoms with Crippen molar-refractivity contribution in [2.45, 2.75) is 0 Å². The maximum Gasteiger partial charge on any atom is 0.234 e. The number of aromatic nitrogens is 2. The van der Waals surface area contributed by atoms with E-state index in [1.807, 2.05) is 5.38 Å². The molecule has 1 aliphatic rings. The number of nitrogens with one attached hydrogen (secondary N) is 1. The minimum absolute atomic E-state index is 0.0384. The van der Waals surface area contributed by atoms with Gasteiger partial charge in [0.1, 0.15) is 35.1 Å². The van der Waals surface area contributed by atoms with Crippen LogP contribution in [-0.4, -0.2) is 66.7 Å². The smallest absolute Gasteiger partial charge is 0.234 e. The molecule has 0 unspecified atom stereocenters. The highest BCUT2D eigenvalue weighted by Gasteiger charge is 2.21. The van der Waals surface area contributed by atoms with Gasteiger partial charge in [0.05, 0.1) is 18.5 Å². The molecule has 1 aromatic carbocycles. The van der Waals surface area contributed by atoms with E-state index in [1.54, 1.807) is 29.8 Å². The van der Waals surface area contributed by atoms with Gasteiger partial charge in [-0.15, -0.1) is 11.3 Å². The van der Waals surface area contributed by atoms with Crippen molar-refractivity contribution in [1.82, 2.24) is 20.2 Å². The number of nitrogens with zero attached hydrogens (tertiary/aromatic N) is 4. The zero-order valence-electron chi connectivity index (χ0n) is 15.9. The average Bonchev–Trinajstić information content (AvgIpc) is 3.21. The number of ether oxygens (including phenoxy) is 1. The number of amides is 1. The van der Waals surface area contributed by atoms with Crippen LogP contribution in [0.15, 0.2) is 42.0 Å². The normalized spacial score (nSPS) is 14.9. The number of halogens is 1. The monoisotopic (exact) mass is 415 g/mol. The van der Waals surface area contributed by atoms with Gasteiger partial charge in [-0.2, -0.15) is 0 Å². The van der Waals surface area contributed by atoms with Crippen LogP contribution in [0.3, 0.4) is 0 Å². The Hall–Kier alpha value is -2.78. The Morgan fingerprint density at radius 2 is 2.07 bits per heavy atom. The first-order chi connectivity index (χ1) is 14.2. The molecule has 3 heterocycles. The average molecular weight is 415 g/mol. The highest BCUT2D eigenvalue weighted by molar-refractivity contribution is 7.16. The summed E-state index contributed by atoms with van der Waals surface area (Å²) in [5.74, 6) is 1.05. The largest absolute Gasteiger partial charge is 0.492 e. The third-order valence-corrected chi connectivity index (χ3v) is 5.59. The van der Waals surface area contributed by atoms with Crippen molar-refractivity contribution < 1.29 is 13.9 Å². The molecule has 0 spiro atoms. The molecule has 7 nitrogen and oxygen atoms in total. The summed E-state index contributed by atoms with van der Waals surface area (Å²) in [7, 11) is 0. The summed E-state index contributed by atoms with van der Waals surface area (Å²) in [5.41, 5.74) is 0. The Labute approximate surface area is 172 Å². The summed E-state index contributed by atoms with van der Waals surface area (Å²) >= 11 is 1.61. The van der Waals surface area contributed by atoms with Crippen LogP contribution in [0, 0.1) is 5.82 Å². The number of carbonyl (C=O) groups excluding carboxylic acids is 1. The van der Waals surface area contributed by atoms with Crippen LogP contribution in [0.2, 0.25) is 0 Å². The van der Waals surface area contributed by atoms with E-state index in [0.29, 0.717) is 25.4 Å². The highest BCUT2D eigenvalue weighted by Crippen LogP contribution is 2.27. The van der Waals surface area contributed by atoms with Crippen LogP contribution < -0.4 is 15.0 Å². The first kappa shape index (κ1) is 19.5. The molecule has 3 aromatic rings. The summed E-state index contributed by atoms with van der Waals surface area (Å²) in [5, 5.41) is 5.96. The van der Waals surface area contributed by atoms with Gasteiger partial charge in [-0.25, -0.2) is 14.4 Å². The van der Waals surface area contributed by atoms with Crippen LogP contribution in [-0.2, 0) is 4.79 Å². The molecular formula is C20H22FN5O2S. The fourth-order valence-corrected chi connectivity index (χ4v) is 4.05. The van der Waals surface area contributed by atoms with E-state index in [9.17, 15) is 9.18 Å². The van der Waals surface area contributed by atoms with Gasteiger partial charge < -0.3 is 15.0 Å². The second-order valence-corrected chi connectivity index (χ2v) is 7.65. The van der Waals surface area contributed by atoms with E-state index in [0.717, 1.165) is 42.2 Å². The van der Waals surface area contributed by atoms with E-state index < -0.39 is 0 Å². The fourth-order valence-electron chi connectivity index (χ4n) is 3.32. The lowest BCUT2D eigenvalue weighted by atomic mass is 10.2. The molecule has 1 fully saturated rings. The lowest BCUT2D eigenvalue weighted by molar-refractivity contribution is -0.122. The second-order valence-electron chi connectivity index (χ2n) is 6.76. The van der Waals surface area contributed by atoms with Gasteiger partial charge in [-0.05, 0) is 23.6 Å². The van der Waals surface area contributed by atoms with Gasteiger partial charge in [-0.1, -0.05) is 6.07 Å². The lowest BCUT2D eigenvalue weighted by Crippen LogP contribution is -2.50. The standard InChI is InChI=1S/C20H22FN5O2S/c21-15-2-1-3-16(12-15)28-10-5-22-18(27)13-25-6-8-26(9-7-25)19-17-4-11-29-20(17)24-14-23-19/h1-4,11-12,14H,5-10,13H2,(H,22,27). The molecule has 29 heavy (non-hydrogen) atoms. The van der Waals surface area contributed by atoms with Gasteiger partial charge in [0.15, 0.2) is 0 Å². The minimum atomic E-state index is -0.340. The van der Waals surface area contributed by atoms with Crippen molar-refractivity contribution in [2.75, 3.05) is 50.8 Å². The molecule has 1 N–H and O–H groups in total. The number of anilines is 1. The molecule has 1 amide bonds. The molecule has 0 aliphatic carbocycles. The van der Waals surface area contributed by atoms with Crippen molar-refractivity contribution in [3.8, 4) is 5.75 Å². The Morgan fingerprint density at radius 1 is 1.21 bits per heavy atom. The zero-order chi connectivity index (χ0) is 20.1. The molecule has 152 valence electrons. The van der Waals surface area contributed by atoms with Crippen LogP contribution in [0.1, 0.15) is 0 Å². The van der Waals surface area contributed by atoms with Crippen LogP contribution in [0.5, 0.6) is 5.75 Å². The quantitative estimate of drug-likeness (QED) is 0.597. The van der Waals surface area contributed by atoms with Crippen LogP contribution in [0.4, 0.5) is 10.2 Å². The van der Waals surface area contributed by atoms with Crippen molar-refractivity contribution in [3.63, 3.8) is 0 Å². The molecule has 4 rings (SSSR count). The fraction of sp³-hybridized carbons (Fsp3) is 0.350. The van der Waals surface area contributed by atoms with Gasteiger partial charge in [0.25, 0.3) is 0 Å². The third kappa shape index (κ3) is 4.99. The van der Waals surface area contributed by atoms with E-state index in [4.69, 9.17) is 4.74 Å². The molecule has 1 saturated heterocycles. The Kier molecular flexibility index (Phi) is 6.16. The van der Waals surface area contributed by atoms with Gasteiger partial charge in [-0.3, -0.25) is 9.69 Å². The van der Waals surface area contributed by atoms with E-state index in [2.05, 4.69) is 31.2 Å². The number of benzene rings is 1. The Morgan fingerprint density at radius 3 is 2.90 bits per heavy atom. The zero-order valence-corrected chi connectivity index (χ0v) is 16.7. The summed E-state index contributed by atoms with van der Waals surface area (Å²) in [6, 6.07) is 8.02. The van der Waals surface area contributed by atoms with Gasteiger partial charge in [0.2, 0.25) is 5.91 Å². The van der Waals surface area contributed by atoms with Crippen LogP contribution in [0.25, 0.3) is 10.2 Å². The predicted octanol–water partition coefficient (Wildman–Crippen LogP) is 2.15. The Balaban J connectivity index is 1.18. The van der Waals surface area contributed by atoms with Crippen molar-refractivity contribution in [3.05, 3.63) is 47.9 Å². The topological polar surface area (TPSA) is 70.6 Å².